The van der Waals surface area contributed by atoms with Crippen LogP contribution >= 0.6 is 11.6 Å². The maximum absolute atomic E-state index is 11.4. The number of pyridine rings is 1. The van der Waals surface area contributed by atoms with Gasteiger partial charge in [-0.2, -0.15) is 0 Å². The number of alkyl halides is 1. The van der Waals surface area contributed by atoms with Crippen LogP contribution in [0.25, 0.3) is 0 Å². The van der Waals surface area contributed by atoms with Gasteiger partial charge in [0.05, 0.1) is 11.9 Å². The molecule has 1 amide bonds. The standard InChI is InChI=1S/C11H15ClN2O2/c1-11(2,3)16-10(15)14-9-4-8(5-12)6-13-7-9/h4,6-7H,5H2,1-3H3,(H,14,15). The molecule has 0 atom stereocenters. The minimum atomic E-state index is -0.512. The monoisotopic (exact) mass is 242 g/mol. The molecule has 1 aromatic heterocycles. The van der Waals surface area contributed by atoms with Crippen molar-refractivity contribution in [2.24, 2.45) is 0 Å². The van der Waals surface area contributed by atoms with Gasteiger partial charge in [-0.3, -0.25) is 10.3 Å². The molecule has 16 heavy (non-hydrogen) atoms. The maximum atomic E-state index is 11.4. The van der Waals surface area contributed by atoms with Crippen molar-refractivity contribution in [3.05, 3.63) is 24.0 Å². The summed E-state index contributed by atoms with van der Waals surface area (Å²) < 4.78 is 5.10. The highest BCUT2D eigenvalue weighted by molar-refractivity contribution is 6.17. The summed E-state index contributed by atoms with van der Waals surface area (Å²) >= 11 is 5.66. The average molecular weight is 243 g/mol. The van der Waals surface area contributed by atoms with Crippen LogP contribution in [-0.4, -0.2) is 16.7 Å². The molecule has 0 aliphatic rings. The molecule has 0 aliphatic heterocycles. The molecule has 1 rings (SSSR count). The predicted molar refractivity (Wildman–Crippen MR) is 63.7 cm³/mol. The van der Waals surface area contributed by atoms with E-state index in [2.05, 4.69) is 10.3 Å². The van der Waals surface area contributed by atoms with Gasteiger partial charge in [-0.15, -0.1) is 11.6 Å². The van der Waals surface area contributed by atoms with Crippen molar-refractivity contribution in [2.75, 3.05) is 5.32 Å². The first-order valence-corrected chi connectivity index (χ1v) is 5.44. The predicted octanol–water partition coefficient (Wildman–Crippen LogP) is 3.17. The van der Waals surface area contributed by atoms with Crippen molar-refractivity contribution in [3.63, 3.8) is 0 Å². The van der Waals surface area contributed by atoms with Crippen LogP contribution in [-0.2, 0) is 10.6 Å². The summed E-state index contributed by atoms with van der Waals surface area (Å²) in [4.78, 5) is 15.4. The third kappa shape index (κ3) is 4.49. The number of aromatic nitrogens is 1. The highest BCUT2D eigenvalue weighted by Crippen LogP contribution is 2.13. The lowest BCUT2D eigenvalue weighted by atomic mass is 10.2. The molecule has 5 heteroatoms. The molecule has 0 bridgehead atoms. The van der Waals surface area contributed by atoms with Crippen molar-refractivity contribution >= 4 is 23.4 Å². The molecule has 0 saturated carbocycles. The topological polar surface area (TPSA) is 51.2 Å². The van der Waals surface area contributed by atoms with Gasteiger partial charge in [0.2, 0.25) is 0 Å². The molecule has 1 aromatic rings. The van der Waals surface area contributed by atoms with Gasteiger partial charge in [-0.1, -0.05) is 0 Å². The zero-order chi connectivity index (χ0) is 12.2. The number of ether oxygens (including phenoxy) is 1. The quantitative estimate of drug-likeness (QED) is 0.811. The largest absolute Gasteiger partial charge is 0.444 e. The Balaban J connectivity index is 2.62. The normalized spacial score (nSPS) is 11.0. The minimum Gasteiger partial charge on any atom is -0.444 e. The van der Waals surface area contributed by atoms with E-state index in [-0.39, 0.29) is 0 Å². The van der Waals surface area contributed by atoms with E-state index >= 15 is 0 Å². The smallest absolute Gasteiger partial charge is 0.412 e. The number of halogens is 1. The second-order valence-corrected chi connectivity index (χ2v) is 4.61. The van der Waals surface area contributed by atoms with E-state index in [4.69, 9.17) is 16.3 Å². The summed E-state index contributed by atoms with van der Waals surface area (Å²) in [5, 5.41) is 2.59. The second-order valence-electron chi connectivity index (χ2n) is 4.34. The lowest BCUT2D eigenvalue weighted by molar-refractivity contribution is 0.0636. The Labute approximate surface area is 100.0 Å². The number of carbonyl (C=O) groups excluding carboxylic acids is 1. The van der Waals surface area contributed by atoms with E-state index in [1.165, 1.54) is 0 Å². The Morgan fingerprint density at radius 1 is 1.50 bits per heavy atom. The zero-order valence-corrected chi connectivity index (χ0v) is 10.3. The summed E-state index contributed by atoms with van der Waals surface area (Å²) in [5.74, 6) is 0.358. The first kappa shape index (κ1) is 12.8. The van der Waals surface area contributed by atoms with Gasteiger partial charge >= 0.3 is 6.09 Å². The summed E-state index contributed by atoms with van der Waals surface area (Å²) in [6, 6.07) is 1.75. The van der Waals surface area contributed by atoms with Crippen LogP contribution in [0.4, 0.5) is 10.5 Å². The van der Waals surface area contributed by atoms with Crippen molar-refractivity contribution in [1.82, 2.24) is 4.98 Å². The highest BCUT2D eigenvalue weighted by atomic mass is 35.5. The molecule has 1 heterocycles. The number of nitrogens with zero attached hydrogens (tertiary/aromatic N) is 1. The van der Waals surface area contributed by atoms with Crippen molar-refractivity contribution in [1.29, 1.82) is 0 Å². The fraction of sp³-hybridized carbons (Fsp3) is 0.455. The van der Waals surface area contributed by atoms with Crippen LogP contribution in [0, 0.1) is 0 Å². The number of hydrogen-bond acceptors (Lipinski definition) is 3. The first-order valence-electron chi connectivity index (χ1n) is 4.90. The minimum absolute atomic E-state index is 0.358. The van der Waals surface area contributed by atoms with E-state index in [1.54, 1.807) is 39.2 Å². The molecule has 0 aromatic carbocycles. The zero-order valence-electron chi connectivity index (χ0n) is 9.58. The molecule has 88 valence electrons. The maximum Gasteiger partial charge on any atom is 0.412 e. The molecule has 0 saturated heterocycles. The van der Waals surface area contributed by atoms with E-state index in [0.29, 0.717) is 11.6 Å². The van der Waals surface area contributed by atoms with Gasteiger partial charge in [0.25, 0.3) is 0 Å². The summed E-state index contributed by atoms with van der Waals surface area (Å²) in [7, 11) is 0. The molecule has 1 N–H and O–H groups in total. The van der Waals surface area contributed by atoms with Crippen LogP contribution in [0.2, 0.25) is 0 Å². The number of rotatable bonds is 2. The van der Waals surface area contributed by atoms with Crippen LogP contribution in [0.3, 0.4) is 0 Å². The number of nitrogens with one attached hydrogen (secondary N) is 1. The lowest BCUT2D eigenvalue weighted by Gasteiger charge is -2.19. The molecule has 0 fully saturated rings. The number of carbonyl (C=O) groups is 1. The van der Waals surface area contributed by atoms with Crippen LogP contribution in [0.1, 0.15) is 26.3 Å². The van der Waals surface area contributed by atoms with E-state index < -0.39 is 11.7 Å². The number of amides is 1. The third-order valence-corrected chi connectivity index (χ3v) is 1.90. The van der Waals surface area contributed by atoms with Gasteiger partial charge in [0, 0.05) is 12.1 Å². The Morgan fingerprint density at radius 3 is 2.75 bits per heavy atom. The van der Waals surface area contributed by atoms with E-state index in [0.717, 1.165) is 5.56 Å². The SMILES string of the molecule is CC(C)(C)OC(=O)Nc1cncc(CCl)c1. The lowest BCUT2D eigenvalue weighted by Crippen LogP contribution is -2.27. The second kappa shape index (κ2) is 5.16. The molecule has 0 aliphatic carbocycles. The van der Waals surface area contributed by atoms with E-state index in [9.17, 15) is 4.79 Å². The molecular formula is C11H15ClN2O2. The number of hydrogen-bond donors (Lipinski definition) is 1. The number of anilines is 1. The highest BCUT2D eigenvalue weighted by Gasteiger charge is 2.16. The average Bonchev–Trinajstić information content (AvgIpc) is 2.15. The van der Waals surface area contributed by atoms with Crippen LogP contribution in [0.15, 0.2) is 18.5 Å². The van der Waals surface area contributed by atoms with Gasteiger partial charge in [0.1, 0.15) is 5.60 Å². The van der Waals surface area contributed by atoms with Gasteiger partial charge in [0.15, 0.2) is 0 Å². The molecule has 0 unspecified atom stereocenters. The van der Waals surface area contributed by atoms with Gasteiger partial charge in [-0.05, 0) is 32.4 Å². The summed E-state index contributed by atoms with van der Waals surface area (Å²) in [5.41, 5.74) is 0.907. The molecule has 4 nitrogen and oxygen atoms in total. The molecule has 0 radical (unpaired) electrons. The first-order chi connectivity index (χ1) is 7.40. The fourth-order valence-electron chi connectivity index (χ4n) is 1.05. The van der Waals surface area contributed by atoms with Crippen LogP contribution in [0.5, 0.6) is 0 Å². The van der Waals surface area contributed by atoms with Crippen molar-refractivity contribution in [2.45, 2.75) is 32.3 Å². The molecule has 0 spiro atoms. The Hall–Kier alpha value is -1.29. The summed E-state index contributed by atoms with van der Waals surface area (Å²) in [6.45, 7) is 5.42. The Bertz CT molecular complexity index is 374. The van der Waals surface area contributed by atoms with E-state index in [1.807, 2.05) is 0 Å². The van der Waals surface area contributed by atoms with Gasteiger partial charge in [-0.25, -0.2) is 4.79 Å². The van der Waals surface area contributed by atoms with Crippen LogP contribution < -0.4 is 5.32 Å². The molecular weight excluding hydrogens is 228 g/mol. The summed E-state index contributed by atoms with van der Waals surface area (Å²) in [6.07, 6.45) is 2.69. The van der Waals surface area contributed by atoms with Gasteiger partial charge < -0.3 is 4.74 Å². The van der Waals surface area contributed by atoms with Crippen molar-refractivity contribution < 1.29 is 9.53 Å². The Kier molecular flexibility index (Phi) is 4.12. The third-order valence-electron chi connectivity index (χ3n) is 1.59. The fourth-order valence-corrected chi connectivity index (χ4v) is 1.20. The van der Waals surface area contributed by atoms with Crippen molar-refractivity contribution in [3.8, 4) is 0 Å². The Morgan fingerprint density at radius 2 is 2.19 bits per heavy atom.